The Morgan fingerprint density at radius 2 is 2.10 bits per heavy atom. The maximum atomic E-state index is 12.2. The van der Waals surface area contributed by atoms with Crippen LogP contribution in [0.1, 0.15) is 27.0 Å². The third-order valence-corrected chi connectivity index (χ3v) is 3.75. The van der Waals surface area contributed by atoms with Crippen molar-refractivity contribution in [1.82, 2.24) is 4.90 Å². The smallest absolute Gasteiger partial charge is 0.328 e. The van der Waals surface area contributed by atoms with Gasteiger partial charge in [-0.15, -0.1) is 11.3 Å². The molecule has 20 heavy (non-hydrogen) atoms. The molecule has 1 aromatic heterocycles. The molecule has 1 heterocycles. The van der Waals surface area contributed by atoms with Crippen LogP contribution in [-0.2, 0) is 9.59 Å². The van der Waals surface area contributed by atoms with Crippen LogP contribution in [0.15, 0.2) is 12.1 Å². The van der Waals surface area contributed by atoms with Gasteiger partial charge in [0.1, 0.15) is 0 Å². The third kappa shape index (κ3) is 4.20. The van der Waals surface area contributed by atoms with Gasteiger partial charge in [0.05, 0.1) is 11.4 Å². The molecule has 7 heteroatoms. The number of amides is 2. The number of hydrogen-bond donors (Lipinski definition) is 2. The first-order chi connectivity index (χ1) is 9.35. The number of likely N-dealkylation sites (N-methyl/N-ethyl adjacent to an activating group) is 1. The molecular formula is C13H16N2O4S. The number of hydrogen-bond acceptors (Lipinski definition) is 4. The zero-order valence-corrected chi connectivity index (χ0v) is 12.1. The number of carboxylic acid groups (broad SMARTS) is 1. The molecule has 3 N–H and O–H groups in total. The van der Waals surface area contributed by atoms with Crippen molar-refractivity contribution < 1.29 is 19.5 Å². The molecule has 0 aromatic carbocycles. The fraction of sp³-hybridized carbons (Fsp3) is 0.308. The Labute approximate surface area is 120 Å². The Morgan fingerprint density at radius 1 is 1.45 bits per heavy atom. The Morgan fingerprint density at radius 3 is 2.60 bits per heavy atom. The largest absolute Gasteiger partial charge is 0.478 e. The summed E-state index contributed by atoms with van der Waals surface area (Å²) >= 11 is 1.19. The Balaban J connectivity index is 2.96. The van der Waals surface area contributed by atoms with E-state index in [1.54, 1.807) is 19.9 Å². The molecule has 0 saturated carbocycles. The fourth-order valence-corrected chi connectivity index (χ4v) is 2.63. The Hall–Kier alpha value is -2.15. The predicted molar refractivity (Wildman–Crippen MR) is 76.5 cm³/mol. The van der Waals surface area contributed by atoms with Gasteiger partial charge in [-0.3, -0.25) is 9.59 Å². The molecule has 0 aliphatic heterocycles. The van der Waals surface area contributed by atoms with Crippen LogP contribution in [-0.4, -0.2) is 40.9 Å². The van der Waals surface area contributed by atoms with Gasteiger partial charge in [0.2, 0.25) is 5.91 Å². The molecule has 0 aliphatic rings. The summed E-state index contributed by atoms with van der Waals surface area (Å²) in [5.41, 5.74) is 5.91. The Kier molecular flexibility index (Phi) is 5.45. The summed E-state index contributed by atoms with van der Waals surface area (Å²) in [5, 5.41) is 8.60. The molecule has 0 bridgehead atoms. The minimum atomic E-state index is -1.05. The van der Waals surface area contributed by atoms with Gasteiger partial charge in [-0.2, -0.15) is 0 Å². The van der Waals surface area contributed by atoms with Gasteiger partial charge in [-0.1, -0.05) is 0 Å². The summed E-state index contributed by atoms with van der Waals surface area (Å²) in [5.74, 6) is -1.90. The quantitative estimate of drug-likeness (QED) is 0.768. The summed E-state index contributed by atoms with van der Waals surface area (Å²) in [7, 11) is 0. The monoisotopic (exact) mass is 296 g/mol. The van der Waals surface area contributed by atoms with Gasteiger partial charge >= 0.3 is 5.97 Å². The lowest BCUT2D eigenvalue weighted by atomic mass is 10.2. The molecule has 0 saturated heterocycles. The fourth-order valence-electron chi connectivity index (χ4n) is 1.59. The van der Waals surface area contributed by atoms with Crippen molar-refractivity contribution in [2.75, 3.05) is 13.1 Å². The van der Waals surface area contributed by atoms with Crippen molar-refractivity contribution in [3.05, 3.63) is 27.5 Å². The molecule has 1 aromatic rings. The van der Waals surface area contributed by atoms with Crippen molar-refractivity contribution in [3.8, 4) is 0 Å². The molecule has 0 spiro atoms. The first kappa shape index (κ1) is 15.9. The van der Waals surface area contributed by atoms with Crippen molar-refractivity contribution in [2.45, 2.75) is 13.8 Å². The summed E-state index contributed by atoms with van der Waals surface area (Å²) < 4.78 is 0. The number of aliphatic carboxylic acids is 1. The highest BCUT2D eigenvalue weighted by Crippen LogP contribution is 2.24. The number of aryl methyl sites for hydroxylation is 1. The van der Waals surface area contributed by atoms with E-state index in [0.29, 0.717) is 16.3 Å². The van der Waals surface area contributed by atoms with E-state index in [-0.39, 0.29) is 12.5 Å². The average molecular weight is 296 g/mol. The second-order valence-corrected chi connectivity index (χ2v) is 5.20. The molecule has 0 aliphatic carbocycles. The van der Waals surface area contributed by atoms with Crippen molar-refractivity contribution in [1.29, 1.82) is 0 Å². The summed E-state index contributed by atoms with van der Waals surface area (Å²) in [6.07, 6.45) is 2.47. The van der Waals surface area contributed by atoms with E-state index in [9.17, 15) is 14.4 Å². The lowest BCUT2D eigenvalue weighted by Gasteiger charge is -2.17. The molecule has 0 atom stereocenters. The third-order valence-electron chi connectivity index (χ3n) is 2.56. The zero-order chi connectivity index (χ0) is 15.3. The van der Waals surface area contributed by atoms with Crippen LogP contribution in [0, 0.1) is 6.92 Å². The van der Waals surface area contributed by atoms with Crippen molar-refractivity contribution >= 4 is 35.2 Å². The SMILES string of the molecule is CCN(CC(N)=O)C(=O)c1cc(C)c(/C=C/C(=O)O)s1. The maximum absolute atomic E-state index is 12.2. The van der Waals surface area contributed by atoms with Crippen LogP contribution >= 0.6 is 11.3 Å². The topological polar surface area (TPSA) is 101 Å². The average Bonchev–Trinajstić information content (AvgIpc) is 2.73. The van der Waals surface area contributed by atoms with Gasteiger partial charge < -0.3 is 15.7 Å². The summed E-state index contributed by atoms with van der Waals surface area (Å²) in [6.45, 7) is 3.79. The number of nitrogens with two attached hydrogens (primary N) is 1. The zero-order valence-electron chi connectivity index (χ0n) is 11.3. The van der Waals surface area contributed by atoms with Crippen LogP contribution in [0.4, 0.5) is 0 Å². The normalized spacial score (nSPS) is 10.7. The Bertz CT molecular complexity index is 563. The van der Waals surface area contributed by atoms with E-state index in [1.807, 2.05) is 0 Å². The second-order valence-electron chi connectivity index (χ2n) is 4.12. The highest BCUT2D eigenvalue weighted by atomic mass is 32.1. The minimum Gasteiger partial charge on any atom is -0.478 e. The molecular weight excluding hydrogens is 280 g/mol. The van der Waals surface area contributed by atoms with Gasteiger partial charge in [0.25, 0.3) is 5.91 Å². The number of nitrogens with zero attached hydrogens (tertiary/aromatic N) is 1. The van der Waals surface area contributed by atoms with E-state index in [1.165, 1.54) is 22.3 Å². The molecule has 2 amide bonds. The molecule has 108 valence electrons. The molecule has 6 nitrogen and oxygen atoms in total. The highest BCUT2D eigenvalue weighted by molar-refractivity contribution is 7.15. The van der Waals surface area contributed by atoms with E-state index < -0.39 is 11.9 Å². The number of primary amides is 1. The highest BCUT2D eigenvalue weighted by Gasteiger charge is 2.18. The maximum Gasteiger partial charge on any atom is 0.328 e. The number of rotatable bonds is 6. The van der Waals surface area contributed by atoms with Crippen molar-refractivity contribution in [2.24, 2.45) is 5.73 Å². The number of carboxylic acids is 1. The number of thiophene rings is 1. The first-order valence-corrected chi connectivity index (χ1v) is 6.75. The second kappa shape index (κ2) is 6.85. The number of carbonyl (C=O) groups excluding carboxylic acids is 2. The van der Waals surface area contributed by atoms with E-state index in [0.717, 1.165) is 11.6 Å². The lowest BCUT2D eigenvalue weighted by Crippen LogP contribution is -2.37. The van der Waals surface area contributed by atoms with Crippen molar-refractivity contribution in [3.63, 3.8) is 0 Å². The molecule has 1 rings (SSSR count). The van der Waals surface area contributed by atoms with Gasteiger partial charge in [-0.25, -0.2) is 4.79 Å². The summed E-state index contributed by atoms with van der Waals surface area (Å²) in [4.78, 5) is 36.1. The minimum absolute atomic E-state index is 0.132. The van der Waals surface area contributed by atoms with E-state index >= 15 is 0 Å². The summed E-state index contributed by atoms with van der Waals surface area (Å²) in [6, 6.07) is 1.68. The van der Waals surface area contributed by atoms with Gasteiger partial charge in [0.15, 0.2) is 0 Å². The molecule has 0 fully saturated rings. The van der Waals surface area contributed by atoms with Crippen LogP contribution in [0.2, 0.25) is 0 Å². The standard InChI is InChI=1S/C13H16N2O4S/c1-3-15(7-11(14)16)13(19)10-6-8(2)9(20-10)4-5-12(17)18/h4-6H,3,7H2,1-2H3,(H2,14,16)(H,17,18)/b5-4+. The van der Waals surface area contributed by atoms with Gasteiger partial charge in [0, 0.05) is 17.5 Å². The van der Waals surface area contributed by atoms with E-state index in [2.05, 4.69) is 0 Å². The first-order valence-electron chi connectivity index (χ1n) is 5.94. The van der Waals surface area contributed by atoms with E-state index in [4.69, 9.17) is 10.8 Å². The molecule has 0 unspecified atom stereocenters. The van der Waals surface area contributed by atoms with Crippen LogP contribution in [0.3, 0.4) is 0 Å². The molecule has 0 radical (unpaired) electrons. The predicted octanol–water partition coefficient (Wildman–Crippen LogP) is 1.10. The van der Waals surface area contributed by atoms with Crippen LogP contribution in [0.5, 0.6) is 0 Å². The van der Waals surface area contributed by atoms with Gasteiger partial charge in [-0.05, 0) is 31.6 Å². The van der Waals surface area contributed by atoms with Crippen LogP contribution in [0.25, 0.3) is 6.08 Å². The van der Waals surface area contributed by atoms with Crippen LogP contribution < -0.4 is 5.73 Å². The lowest BCUT2D eigenvalue weighted by molar-refractivity contribution is -0.131. The number of carbonyl (C=O) groups is 3.